The Bertz CT molecular complexity index is 451. The van der Waals surface area contributed by atoms with Crippen molar-refractivity contribution in [3.05, 3.63) is 35.9 Å². The lowest BCUT2D eigenvalue weighted by atomic mass is 10.1. The number of likely N-dealkylation sites (tertiary alicyclic amines) is 1. The van der Waals surface area contributed by atoms with Crippen LogP contribution in [0.15, 0.2) is 30.3 Å². The largest absolute Gasteiger partial charge is 0.465 e. The summed E-state index contributed by atoms with van der Waals surface area (Å²) in [5, 5.41) is 9.09. The van der Waals surface area contributed by atoms with Crippen LogP contribution in [-0.2, 0) is 11.3 Å². The van der Waals surface area contributed by atoms with E-state index in [1.54, 1.807) is 0 Å². The van der Waals surface area contributed by atoms with Gasteiger partial charge >= 0.3 is 6.09 Å². The Morgan fingerprint density at radius 3 is 2.84 bits per heavy atom. The molecule has 102 valence electrons. The van der Waals surface area contributed by atoms with Crippen molar-refractivity contribution in [2.24, 2.45) is 0 Å². The van der Waals surface area contributed by atoms with E-state index < -0.39 is 6.09 Å². The van der Waals surface area contributed by atoms with Gasteiger partial charge in [0.25, 0.3) is 0 Å². The third-order valence-corrected chi connectivity index (χ3v) is 3.92. The molecule has 0 spiro atoms. The maximum atomic E-state index is 11.1. The minimum Gasteiger partial charge on any atom is -0.465 e. The molecule has 2 saturated heterocycles. The predicted octanol–water partition coefficient (Wildman–Crippen LogP) is 1.25. The number of rotatable bonds is 2. The molecule has 0 radical (unpaired) electrons. The zero-order valence-corrected chi connectivity index (χ0v) is 10.7. The van der Waals surface area contributed by atoms with Gasteiger partial charge in [-0.3, -0.25) is 4.90 Å². The van der Waals surface area contributed by atoms with Gasteiger partial charge < -0.3 is 14.7 Å². The van der Waals surface area contributed by atoms with E-state index in [1.165, 1.54) is 10.5 Å². The van der Waals surface area contributed by atoms with Crippen LogP contribution in [0.4, 0.5) is 4.79 Å². The fraction of sp³-hybridized carbons (Fsp3) is 0.500. The molecular formula is C14H18N2O3. The highest BCUT2D eigenvalue weighted by Crippen LogP contribution is 2.24. The van der Waals surface area contributed by atoms with Crippen LogP contribution in [0.25, 0.3) is 0 Å². The van der Waals surface area contributed by atoms with Gasteiger partial charge in [-0.2, -0.15) is 0 Å². The summed E-state index contributed by atoms with van der Waals surface area (Å²) in [6.45, 7) is 3.45. The lowest BCUT2D eigenvalue weighted by molar-refractivity contribution is -0.0503. The van der Waals surface area contributed by atoms with Crippen LogP contribution in [0.1, 0.15) is 5.56 Å². The molecule has 0 aromatic heterocycles. The summed E-state index contributed by atoms with van der Waals surface area (Å²) < 4.78 is 5.70. The van der Waals surface area contributed by atoms with Crippen LogP contribution in [0.5, 0.6) is 0 Å². The van der Waals surface area contributed by atoms with Gasteiger partial charge in [0.15, 0.2) is 0 Å². The number of amides is 1. The summed E-state index contributed by atoms with van der Waals surface area (Å²) in [4.78, 5) is 14.9. The summed E-state index contributed by atoms with van der Waals surface area (Å²) in [5.74, 6) is 0. The van der Waals surface area contributed by atoms with Gasteiger partial charge in [0.2, 0.25) is 0 Å². The molecule has 0 bridgehead atoms. The predicted molar refractivity (Wildman–Crippen MR) is 70.0 cm³/mol. The Morgan fingerprint density at radius 2 is 2.11 bits per heavy atom. The molecule has 1 N–H and O–H groups in total. The second-order valence-corrected chi connectivity index (χ2v) is 5.12. The van der Waals surface area contributed by atoms with E-state index in [2.05, 4.69) is 17.0 Å². The number of hydrogen-bond donors (Lipinski definition) is 1. The van der Waals surface area contributed by atoms with E-state index in [4.69, 9.17) is 9.84 Å². The number of carbonyl (C=O) groups is 1. The van der Waals surface area contributed by atoms with Gasteiger partial charge in [-0.05, 0) is 5.56 Å². The quantitative estimate of drug-likeness (QED) is 0.871. The summed E-state index contributed by atoms with van der Waals surface area (Å²) in [5.41, 5.74) is 1.26. The first-order valence-corrected chi connectivity index (χ1v) is 6.61. The van der Waals surface area contributed by atoms with E-state index >= 15 is 0 Å². The van der Waals surface area contributed by atoms with E-state index in [9.17, 15) is 4.79 Å². The van der Waals surface area contributed by atoms with Crippen LogP contribution < -0.4 is 0 Å². The first kappa shape index (κ1) is 12.4. The van der Waals surface area contributed by atoms with Crippen LogP contribution in [0.2, 0.25) is 0 Å². The van der Waals surface area contributed by atoms with E-state index in [1.807, 2.05) is 18.2 Å². The molecule has 2 atom stereocenters. The second-order valence-electron chi connectivity index (χ2n) is 5.12. The van der Waals surface area contributed by atoms with E-state index in [0.717, 1.165) is 13.1 Å². The minimum absolute atomic E-state index is 0.0218. The Kier molecular flexibility index (Phi) is 3.40. The fourth-order valence-electron chi connectivity index (χ4n) is 2.93. The molecule has 1 aromatic rings. The zero-order valence-electron chi connectivity index (χ0n) is 10.7. The molecule has 3 rings (SSSR count). The van der Waals surface area contributed by atoms with Crippen molar-refractivity contribution in [3.8, 4) is 0 Å². The lowest BCUT2D eigenvalue weighted by Crippen LogP contribution is -2.50. The number of hydrogen-bond acceptors (Lipinski definition) is 3. The smallest absolute Gasteiger partial charge is 0.407 e. The minimum atomic E-state index is -0.849. The monoisotopic (exact) mass is 262 g/mol. The van der Waals surface area contributed by atoms with Gasteiger partial charge in [-0.1, -0.05) is 30.3 Å². The maximum Gasteiger partial charge on any atom is 0.407 e. The number of fused-ring (bicyclic) bond motifs is 1. The second kappa shape index (κ2) is 5.19. The normalized spacial score (nSPS) is 27.3. The first-order chi connectivity index (χ1) is 9.24. The van der Waals surface area contributed by atoms with Gasteiger partial charge in [-0.25, -0.2) is 4.79 Å². The first-order valence-electron chi connectivity index (χ1n) is 6.61. The van der Waals surface area contributed by atoms with Crippen molar-refractivity contribution in [2.45, 2.75) is 18.7 Å². The molecule has 5 nitrogen and oxygen atoms in total. The van der Waals surface area contributed by atoms with Crippen molar-refractivity contribution in [3.63, 3.8) is 0 Å². The molecular weight excluding hydrogens is 244 g/mol. The fourth-order valence-corrected chi connectivity index (χ4v) is 2.93. The van der Waals surface area contributed by atoms with Crippen molar-refractivity contribution in [1.82, 2.24) is 9.80 Å². The topological polar surface area (TPSA) is 53.0 Å². The van der Waals surface area contributed by atoms with Gasteiger partial charge in [0.1, 0.15) is 0 Å². The molecule has 0 saturated carbocycles. The highest BCUT2D eigenvalue weighted by atomic mass is 16.5. The van der Waals surface area contributed by atoms with Crippen molar-refractivity contribution in [1.29, 1.82) is 0 Å². The number of nitrogens with zero attached hydrogens (tertiary/aromatic N) is 2. The Balaban J connectivity index is 1.70. The molecule has 2 unspecified atom stereocenters. The number of benzene rings is 1. The Labute approximate surface area is 112 Å². The van der Waals surface area contributed by atoms with E-state index in [0.29, 0.717) is 19.7 Å². The third-order valence-electron chi connectivity index (χ3n) is 3.92. The average molecular weight is 262 g/mol. The molecule has 19 heavy (non-hydrogen) atoms. The molecule has 2 aliphatic rings. The van der Waals surface area contributed by atoms with E-state index in [-0.39, 0.29) is 12.1 Å². The molecule has 2 heterocycles. The van der Waals surface area contributed by atoms with Crippen LogP contribution in [0, 0.1) is 0 Å². The van der Waals surface area contributed by atoms with Crippen LogP contribution in [0.3, 0.4) is 0 Å². The summed E-state index contributed by atoms with van der Waals surface area (Å²) >= 11 is 0. The standard InChI is InChI=1S/C14H18N2O3/c17-14(18)16-9-12-13(10-16)19-7-6-15(12)8-11-4-2-1-3-5-11/h1-5,12-13H,6-10H2,(H,17,18). The van der Waals surface area contributed by atoms with Gasteiger partial charge in [-0.15, -0.1) is 0 Å². The Hall–Kier alpha value is -1.59. The van der Waals surface area contributed by atoms with Gasteiger partial charge in [0.05, 0.1) is 25.3 Å². The Morgan fingerprint density at radius 1 is 1.32 bits per heavy atom. The van der Waals surface area contributed by atoms with Crippen molar-refractivity contribution in [2.75, 3.05) is 26.2 Å². The molecule has 0 aliphatic carbocycles. The molecule has 2 aliphatic heterocycles. The summed E-state index contributed by atoms with van der Waals surface area (Å²) in [6, 6.07) is 10.5. The summed E-state index contributed by atoms with van der Waals surface area (Å²) in [6.07, 6.45) is -0.828. The van der Waals surface area contributed by atoms with Crippen molar-refractivity contribution >= 4 is 6.09 Å². The molecule has 1 aromatic carbocycles. The third kappa shape index (κ3) is 2.57. The molecule has 1 amide bonds. The SMILES string of the molecule is O=C(O)N1CC2OCCN(Cc3ccccc3)C2C1. The molecule has 5 heteroatoms. The zero-order chi connectivity index (χ0) is 13.2. The lowest BCUT2D eigenvalue weighted by Gasteiger charge is -2.36. The van der Waals surface area contributed by atoms with Crippen LogP contribution >= 0.6 is 0 Å². The van der Waals surface area contributed by atoms with Gasteiger partial charge in [0, 0.05) is 19.6 Å². The average Bonchev–Trinajstić information content (AvgIpc) is 2.85. The van der Waals surface area contributed by atoms with Crippen LogP contribution in [-0.4, -0.2) is 59.4 Å². The maximum absolute atomic E-state index is 11.1. The number of carboxylic acid groups (broad SMARTS) is 1. The number of morpholine rings is 1. The summed E-state index contributed by atoms with van der Waals surface area (Å²) in [7, 11) is 0. The highest BCUT2D eigenvalue weighted by molar-refractivity contribution is 5.65. The van der Waals surface area contributed by atoms with Crippen molar-refractivity contribution < 1.29 is 14.6 Å². The number of ether oxygens (including phenoxy) is 1. The molecule has 2 fully saturated rings. The highest BCUT2D eigenvalue weighted by Gasteiger charge is 2.41.